The van der Waals surface area contributed by atoms with Gasteiger partial charge in [0.25, 0.3) is 0 Å². The molecule has 0 aliphatic heterocycles. The summed E-state index contributed by atoms with van der Waals surface area (Å²) in [5.41, 5.74) is 0.697. The number of hydrogen-bond donors (Lipinski definition) is 0. The molecule has 2 aromatic rings. The highest BCUT2D eigenvalue weighted by atomic mass is 19.4. The third-order valence-electron chi connectivity index (χ3n) is 2.34. The molecule has 0 saturated carbocycles. The summed E-state index contributed by atoms with van der Waals surface area (Å²) in [6, 6.07) is 4.61. The zero-order valence-electron chi connectivity index (χ0n) is 8.67. The van der Waals surface area contributed by atoms with Gasteiger partial charge < -0.3 is 9.30 Å². The zero-order chi connectivity index (χ0) is 11.9. The van der Waals surface area contributed by atoms with E-state index in [-0.39, 0.29) is 0 Å². The number of nitrogens with zero attached hydrogens (tertiary/aromatic N) is 2. The molecule has 1 heterocycles. The minimum atomic E-state index is -4.44. The lowest BCUT2D eigenvalue weighted by Gasteiger charge is -2.05. The number of rotatable bonds is 1. The number of fused-ring (bicyclic) bond motifs is 1. The van der Waals surface area contributed by atoms with Crippen LogP contribution in [-0.4, -0.2) is 16.7 Å². The smallest absolute Gasteiger partial charge is 0.449 e. The Hall–Kier alpha value is -1.72. The van der Waals surface area contributed by atoms with Gasteiger partial charge in [-0.2, -0.15) is 13.2 Å². The van der Waals surface area contributed by atoms with E-state index in [2.05, 4.69) is 4.98 Å². The van der Waals surface area contributed by atoms with Crippen molar-refractivity contribution in [1.82, 2.24) is 9.55 Å². The number of aromatic nitrogens is 2. The molecule has 0 bridgehead atoms. The maximum Gasteiger partial charge on any atom is 0.449 e. The molecule has 0 radical (unpaired) electrons. The van der Waals surface area contributed by atoms with Crippen LogP contribution in [0, 0.1) is 0 Å². The number of aryl methyl sites for hydroxylation is 1. The third-order valence-corrected chi connectivity index (χ3v) is 2.34. The highest BCUT2D eigenvalue weighted by Gasteiger charge is 2.36. The van der Waals surface area contributed by atoms with Gasteiger partial charge in [-0.05, 0) is 12.1 Å². The topological polar surface area (TPSA) is 27.1 Å². The van der Waals surface area contributed by atoms with E-state index in [1.54, 1.807) is 6.07 Å². The summed E-state index contributed by atoms with van der Waals surface area (Å²) in [7, 11) is 2.79. The first kappa shape index (κ1) is 10.8. The summed E-state index contributed by atoms with van der Waals surface area (Å²) in [5.74, 6) is -0.403. The number of hydrogen-bond acceptors (Lipinski definition) is 2. The number of alkyl halides is 3. The Morgan fingerprint density at radius 2 is 2.00 bits per heavy atom. The fourth-order valence-electron chi connectivity index (χ4n) is 1.55. The molecule has 86 valence electrons. The van der Waals surface area contributed by atoms with Crippen LogP contribution >= 0.6 is 0 Å². The van der Waals surface area contributed by atoms with Gasteiger partial charge in [-0.15, -0.1) is 0 Å². The van der Waals surface area contributed by atoms with Crippen LogP contribution in [0.25, 0.3) is 11.0 Å². The van der Waals surface area contributed by atoms with E-state index in [1.807, 2.05) is 0 Å². The summed E-state index contributed by atoms with van der Waals surface area (Å²) in [6.07, 6.45) is -4.44. The van der Waals surface area contributed by atoms with Crippen LogP contribution in [0.15, 0.2) is 18.2 Å². The number of imidazole rings is 1. The highest BCUT2D eigenvalue weighted by Crippen LogP contribution is 2.31. The second-order valence-electron chi connectivity index (χ2n) is 3.35. The van der Waals surface area contributed by atoms with Gasteiger partial charge in [0, 0.05) is 13.1 Å². The Bertz CT molecular complexity index is 531. The van der Waals surface area contributed by atoms with E-state index in [0.29, 0.717) is 16.8 Å². The molecule has 0 saturated heterocycles. The van der Waals surface area contributed by atoms with Crippen LogP contribution in [0.4, 0.5) is 13.2 Å². The lowest BCUT2D eigenvalue weighted by atomic mass is 10.3. The molecule has 6 heteroatoms. The monoisotopic (exact) mass is 230 g/mol. The Labute approximate surface area is 89.5 Å². The van der Waals surface area contributed by atoms with Crippen LogP contribution in [0.1, 0.15) is 5.82 Å². The van der Waals surface area contributed by atoms with Crippen LogP contribution in [0.5, 0.6) is 5.75 Å². The van der Waals surface area contributed by atoms with Crippen molar-refractivity contribution in [3.8, 4) is 5.75 Å². The Morgan fingerprint density at radius 3 is 2.56 bits per heavy atom. The third kappa shape index (κ3) is 1.60. The van der Waals surface area contributed by atoms with Crippen LogP contribution in [-0.2, 0) is 13.2 Å². The fraction of sp³-hybridized carbons (Fsp3) is 0.300. The van der Waals surface area contributed by atoms with Crippen molar-refractivity contribution < 1.29 is 17.9 Å². The second-order valence-corrected chi connectivity index (χ2v) is 3.35. The summed E-state index contributed by atoms with van der Waals surface area (Å²) < 4.78 is 43.6. The molecule has 1 aromatic heterocycles. The summed E-state index contributed by atoms with van der Waals surface area (Å²) >= 11 is 0. The maximum absolute atomic E-state index is 12.6. The number of ether oxygens (including phenoxy) is 1. The molecule has 0 amide bonds. The quantitative estimate of drug-likeness (QED) is 0.752. The second kappa shape index (κ2) is 3.40. The molecule has 0 aliphatic rings. The van der Waals surface area contributed by atoms with Gasteiger partial charge in [0.05, 0.1) is 18.1 Å². The van der Waals surface area contributed by atoms with Crippen molar-refractivity contribution in [2.75, 3.05) is 7.11 Å². The van der Waals surface area contributed by atoms with Gasteiger partial charge in [0.15, 0.2) is 0 Å². The lowest BCUT2D eigenvalue weighted by Crippen LogP contribution is -2.12. The predicted molar refractivity (Wildman–Crippen MR) is 52.3 cm³/mol. The highest BCUT2D eigenvalue weighted by molar-refractivity contribution is 5.77. The number of methoxy groups -OCH3 is 1. The molecular formula is C10H9F3N2O. The van der Waals surface area contributed by atoms with Crippen molar-refractivity contribution in [3.05, 3.63) is 24.0 Å². The van der Waals surface area contributed by atoms with Crippen molar-refractivity contribution in [1.29, 1.82) is 0 Å². The lowest BCUT2D eigenvalue weighted by molar-refractivity contribution is -0.146. The molecule has 0 atom stereocenters. The predicted octanol–water partition coefficient (Wildman–Crippen LogP) is 2.60. The van der Waals surface area contributed by atoms with Crippen LogP contribution in [0.3, 0.4) is 0 Å². The molecule has 0 fully saturated rings. The standard InChI is InChI=1S/C10H9F3N2O/c1-15-8-5-6(16-2)3-4-7(8)14-9(15)10(11,12)13/h3-5H,1-2H3. The number of halogens is 3. The Balaban J connectivity index is 2.69. The molecule has 3 nitrogen and oxygen atoms in total. The normalized spacial score (nSPS) is 12.1. The molecule has 0 unspecified atom stereocenters. The SMILES string of the molecule is COc1ccc2nc(C(F)(F)F)n(C)c2c1. The van der Waals surface area contributed by atoms with Gasteiger partial charge in [-0.3, -0.25) is 0 Å². The van der Waals surface area contributed by atoms with Gasteiger partial charge in [-0.25, -0.2) is 4.98 Å². The van der Waals surface area contributed by atoms with Gasteiger partial charge in [-0.1, -0.05) is 0 Å². The molecule has 16 heavy (non-hydrogen) atoms. The van der Waals surface area contributed by atoms with Crippen molar-refractivity contribution >= 4 is 11.0 Å². The fourth-order valence-corrected chi connectivity index (χ4v) is 1.55. The number of benzene rings is 1. The van der Waals surface area contributed by atoms with E-state index < -0.39 is 12.0 Å². The minimum absolute atomic E-state index is 0.302. The summed E-state index contributed by atoms with van der Waals surface area (Å²) in [5, 5.41) is 0. The summed E-state index contributed by atoms with van der Waals surface area (Å²) in [6.45, 7) is 0. The average Bonchev–Trinajstić information content (AvgIpc) is 2.55. The zero-order valence-corrected chi connectivity index (χ0v) is 8.67. The van der Waals surface area contributed by atoms with E-state index >= 15 is 0 Å². The molecule has 0 N–H and O–H groups in total. The minimum Gasteiger partial charge on any atom is -0.497 e. The van der Waals surface area contributed by atoms with Crippen LogP contribution in [0.2, 0.25) is 0 Å². The van der Waals surface area contributed by atoms with Crippen molar-refractivity contribution in [3.63, 3.8) is 0 Å². The van der Waals surface area contributed by atoms with E-state index in [4.69, 9.17) is 4.74 Å². The Kier molecular flexibility index (Phi) is 2.29. The van der Waals surface area contributed by atoms with Crippen molar-refractivity contribution in [2.45, 2.75) is 6.18 Å². The average molecular weight is 230 g/mol. The maximum atomic E-state index is 12.6. The molecule has 0 spiro atoms. The molecule has 1 aromatic carbocycles. The Morgan fingerprint density at radius 1 is 1.31 bits per heavy atom. The largest absolute Gasteiger partial charge is 0.497 e. The first-order valence-electron chi connectivity index (χ1n) is 4.51. The molecule has 2 rings (SSSR count). The first-order valence-corrected chi connectivity index (χ1v) is 4.51. The molecule has 0 aliphatic carbocycles. The van der Waals surface area contributed by atoms with Crippen molar-refractivity contribution in [2.24, 2.45) is 7.05 Å². The van der Waals surface area contributed by atoms with Gasteiger partial charge in [0.2, 0.25) is 5.82 Å². The van der Waals surface area contributed by atoms with Gasteiger partial charge in [0.1, 0.15) is 5.75 Å². The van der Waals surface area contributed by atoms with Gasteiger partial charge >= 0.3 is 6.18 Å². The van der Waals surface area contributed by atoms with E-state index in [1.165, 1.54) is 26.3 Å². The first-order chi connectivity index (χ1) is 7.43. The van der Waals surface area contributed by atoms with E-state index in [0.717, 1.165) is 4.57 Å². The van der Waals surface area contributed by atoms with Crippen LogP contribution < -0.4 is 4.74 Å². The summed E-state index contributed by atoms with van der Waals surface area (Å²) in [4.78, 5) is 3.54. The molecular weight excluding hydrogens is 221 g/mol. The van der Waals surface area contributed by atoms with E-state index in [9.17, 15) is 13.2 Å².